The third-order valence-corrected chi connectivity index (χ3v) is 5.44. The van der Waals surface area contributed by atoms with E-state index < -0.39 is 0 Å². The predicted octanol–water partition coefficient (Wildman–Crippen LogP) is 1.89. The Labute approximate surface area is 124 Å². The SMILES string of the molecule is O=C1C2CCCN2C(=O)CN1CCc1ccc(Br)s1. The number of hydrogen-bond acceptors (Lipinski definition) is 3. The summed E-state index contributed by atoms with van der Waals surface area (Å²) in [6.07, 6.45) is 2.60. The van der Waals surface area contributed by atoms with Gasteiger partial charge in [-0.3, -0.25) is 9.59 Å². The number of amides is 2. The molecule has 4 nitrogen and oxygen atoms in total. The van der Waals surface area contributed by atoms with Crippen LogP contribution in [0.1, 0.15) is 17.7 Å². The average Bonchev–Trinajstić information content (AvgIpc) is 3.01. The molecule has 0 radical (unpaired) electrons. The molecule has 2 aliphatic heterocycles. The highest BCUT2D eigenvalue weighted by Crippen LogP contribution is 2.25. The fourth-order valence-corrected chi connectivity index (χ4v) is 4.26. The number of carbonyl (C=O) groups is 2. The van der Waals surface area contributed by atoms with Gasteiger partial charge in [-0.2, -0.15) is 0 Å². The summed E-state index contributed by atoms with van der Waals surface area (Å²) in [7, 11) is 0. The molecule has 3 rings (SSSR count). The number of rotatable bonds is 3. The Morgan fingerprint density at radius 3 is 2.95 bits per heavy atom. The number of halogens is 1. The molecule has 19 heavy (non-hydrogen) atoms. The lowest BCUT2D eigenvalue weighted by atomic mass is 10.1. The highest BCUT2D eigenvalue weighted by Gasteiger charge is 2.41. The van der Waals surface area contributed by atoms with Crippen LogP contribution in [0.25, 0.3) is 0 Å². The summed E-state index contributed by atoms with van der Waals surface area (Å²) in [5.41, 5.74) is 0. The Balaban J connectivity index is 1.64. The first-order chi connectivity index (χ1) is 9.15. The van der Waals surface area contributed by atoms with Crippen molar-refractivity contribution in [2.45, 2.75) is 25.3 Å². The minimum atomic E-state index is -0.184. The second-order valence-corrected chi connectivity index (χ2v) is 7.51. The van der Waals surface area contributed by atoms with E-state index in [0.29, 0.717) is 6.54 Å². The van der Waals surface area contributed by atoms with Gasteiger partial charge in [0, 0.05) is 18.0 Å². The predicted molar refractivity (Wildman–Crippen MR) is 77.0 cm³/mol. The van der Waals surface area contributed by atoms with Gasteiger partial charge in [0.05, 0.1) is 10.3 Å². The van der Waals surface area contributed by atoms with Crippen molar-refractivity contribution in [3.05, 3.63) is 20.8 Å². The Kier molecular flexibility index (Phi) is 3.62. The van der Waals surface area contributed by atoms with Crippen LogP contribution in [0.4, 0.5) is 0 Å². The Bertz CT molecular complexity index is 516. The summed E-state index contributed by atoms with van der Waals surface area (Å²) in [6, 6.07) is 3.89. The minimum absolute atomic E-state index is 0.106. The van der Waals surface area contributed by atoms with Gasteiger partial charge in [0.15, 0.2) is 0 Å². The van der Waals surface area contributed by atoms with Gasteiger partial charge in [-0.15, -0.1) is 11.3 Å². The second kappa shape index (κ2) is 5.25. The van der Waals surface area contributed by atoms with E-state index in [9.17, 15) is 9.59 Å². The van der Waals surface area contributed by atoms with Crippen LogP contribution in [-0.4, -0.2) is 47.3 Å². The number of hydrogen-bond donors (Lipinski definition) is 0. The van der Waals surface area contributed by atoms with Crippen molar-refractivity contribution in [2.24, 2.45) is 0 Å². The quantitative estimate of drug-likeness (QED) is 0.841. The highest BCUT2D eigenvalue weighted by molar-refractivity contribution is 9.11. The van der Waals surface area contributed by atoms with E-state index in [4.69, 9.17) is 0 Å². The van der Waals surface area contributed by atoms with Crippen molar-refractivity contribution in [1.29, 1.82) is 0 Å². The second-order valence-electron chi connectivity index (χ2n) is 4.96. The molecule has 102 valence electrons. The third kappa shape index (κ3) is 2.56. The molecule has 2 saturated heterocycles. The van der Waals surface area contributed by atoms with Crippen molar-refractivity contribution in [1.82, 2.24) is 9.80 Å². The molecule has 0 aromatic carbocycles. The molecule has 0 N–H and O–H groups in total. The fraction of sp³-hybridized carbons (Fsp3) is 0.538. The zero-order chi connectivity index (χ0) is 13.4. The molecule has 3 heterocycles. The standard InChI is InChI=1S/C13H15BrN2O2S/c14-11-4-3-9(19-11)5-7-15-8-12(17)16-6-1-2-10(16)13(15)18/h3-4,10H,1-2,5-8H2. The first-order valence-corrected chi connectivity index (χ1v) is 8.08. The number of piperazine rings is 1. The van der Waals surface area contributed by atoms with Crippen molar-refractivity contribution in [2.75, 3.05) is 19.6 Å². The van der Waals surface area contributed by atoms with E-state index in [1.54, 1.807) is 21.1 Å². The highest BCUT2D eigenvalue weighted by atomic mass is 79.9. The van der Waals surface area contributed by atoms with Crippen LogP contribution in [0, 0.1) is 0 Å². The zero-order valence-electron chi connectivity index (χ0n) is 10.5. The Hall–Kier alpha value is -0.880. The van der Waals surface area contributed by atoms with Gasteiger partial charge >= 0.3 is 0 Å². The molecule has 0 saturated carbocycles. The lowest BCUT2D eigenvalue weighted by Crippen LogP contribution is -2.57. The van der Waals surface area contributed by atoms with Crippen LogP contribution in [-0.2, 0) is 16.0 Å². The van der Waals surface area contributed by atoms with Gasteiger partial charge in [0.2, 0.25) is 11.8 Å². The minimum Gasteiger partial charge on any atom is -0.331 e. The van der Waals surface area contributed by atoms with Gasteiger partial charge in [0.1, 0.15) is 6.04 Å². The van der Waals surface area contributed by atoms with E-state index in [1.165, 1.54) is 4.88 Å². The van der Waals surface area contributed by atoms with Crippen LogP contribution in [0.2, 0.25) is 0 Å². The van der Waals surface area contributed by atoms with Gasteiger partial charge in [-0.25, -0.2) is 0 Å². The smallest absolute Gasteiger partial charge is 0.245 e. The molecule has 1 aromatic rings. The van der Waals surface area contributed by atoms with E-state index in [2.05, 4.69) is 22.0 Å². The summed E-state index contributed by atoms with van der Waals surface area (Å²) >= 11 is 5.11. The van der Waals surface area contributed by atoms with Crippen LogP contribution in [0.15, 0.2) is 15.9 Å². The van der Waals surface area contributed by atoms with E-state index in [0.717, 1.165) is 29.6 Å². The van der Waals surface area contributed by atoms with E-state index in [-0.39, 0.29) is 24.4 Å². The van der Waals surface area contributed by atoms with Gasteiger partial charge in [-0.1, -0.05) is 0 Å². The first-order valence-electron chi connectivity index (χ1n) is 6.47. The van der Waals surface area contributed by atoms with Crippen LogP contribution >= 0.6 is 27.3 Å². The molecule has 0 spiro atoms. The third-order valence-electron chi connectivity index (χ3n) is 3.75. The van der Waals surface area contributed by atoms with Crippen LogP contribution in [0.3, 0.4) is 0 Å². The van der Waals surface area contributed by atoms with Gasteiger partial charge in [-0.05, 0) is 47.3 Å². The van der Waals surface area contributed by atoms with Crippen molar-refractivity contribution in [3.63, 3.8) is 0 Å². The zero-order valence-corrected chi connectivity index (χ0v) is 12.9. The van der Waals surface area contributed by atoms with Crippen LogP contribution in [0.5, 0.6) is 0 Å². The summed E-state index contributed by atoms with van der Waals surface area (Å²) < 4.78 is 1.10. The van der Waals surface area contributed by atoms with E-state index >= 15 is 0 Å². The largest absolute Gasteiger partial charge is 0.331 e. The average molecular weight is 343 g/mol. The Morgan fingerprint density at radius 1 is 1.37 bits per heavy atom. The number of nitrogens with zero attached hydrogens (tertiary/aromatic N) is 2. The van der Waals surface area contributed by atoms with Gasteiger partial charge in [0.25, 0.3) is 0 Å². The monoisotopic (exact) mass is 342 g/mol. The fourth-order valence-electron chi connectivity index (χ4n) is 2.79. The maximum atomic E-state index is 12.3. The topological polar surface area (TPSA) is 40.6 Å². The Morgan fingerprint density at radius 2 is 2.21 bits per heavy atom. The molecule has 2 aliphatic rings. The molecule has 1 unspecified atom stereocenters. The number of fused-ring (bicyclic) bond motifs is 1. The number of carbonyl (C=O) groups excluding carboxylic acids is 2. The lowest BCUT2D eigenvalue weighted by Gasteiger charge is -2.36. The van der Waals surface area contributed by atoms with Crippen molar-refractivity contribution in [3.8, 4) is 0 Å². The summed E-state index contributed by atoms with van der Waals surface area (Å²) in [4.78, 5) is 29.0. The lowest BCUT2D eigenvalue weighted by molar-refractivity contribution is -0.153. The molecule has 0 aliphatic carbocycles. The van der Waals surface area contributed by atoms with Crippen molar-refractivity contribution >= 4 is 39.1 Å². The molecule has 2 fully saturated rings. The molecule has 1 atom stereocenters. The molecule has 1 aromatic heterocycles. The molecular formula is C13H15BrN2O2S. The maximum Gasteiger partial charge on any atom is 0.245 e. The normalized spacial score (nSPS) is 23.1. The molecule has 6 heteroatoms. The molecule has 0 bridgehead atoms. The number of thiophene rings is 1. The summed E-state index contributed by atoms with van der Waals surface area (Å²) in [5, 5.41) is 0. The maximum absolute atomic E-state index is 12.3. The van der Waals surface area contributed by atoms with Crippen LogP contribution < -0.4 is 0 Å². The van der Waals surface area contributed by atoms with Gasteiger partial charge < -0.3 is 9.80 Å². The summed E-state index contributed by atoms with van der Waals surface area (Å²) in [5.74, 6) is 0.238. The summed E-state index contributed by atoms with van der Waals surface area (Å²) in [6.45, 7) is 1.64. The van der Waals surface area contributed by atoms with Crippen molar-refractivity contribution < 1.29 is 9.59 Å². The molecule has 2 amide bonds. The molecular weight excluding hydrogens is 328 g/mol. The first kappa shape index (κ1) is 13.1. The van der Waals surface area contributed by atoms with E-state index in [1.807, 2.05) is 6.07 Å².